The maximum atomic E-state index is 13.9. The monoisotopic (exact) mass is 944 g/mol. The molecular formula is C46H51F3N10O7S. The number of halogens is 3. The van der Waals surface area contributed by atoms with Crippen molar-refractivity contribution in [3.05, 3.63) is 108 Å². The van der Waals surface area contributed by atoms with E-state index in [1.165, 1.54) is 25.2 Å². The number of carbonyl (C=O) groups is 4. The Kier molecular flexibility index (Phi) is 14.9. The molecule has 3 aliphatic heterocycles. The Balaban J connectivity index is 0.820. The van der Waals surface area contributed by atoms with Crippen LogP contribution >= 0.6 is 0 Å². The van der Waals surface area contributed by atoms with E-state index in [9.17, 15) is 45.9 Å². The molecule has 0 bridgehead atoms. The summed E-state index contributed by atoms with van der Waals surface area (Å²) in [6.07, 6.45) is 7.43. The van der Waals surface area contributed by atoms with Crippen molar-refractivity contribution in [2.75, 3.05) is 52.8 Å². The number of hydrogen-bond donors (Lipinski definition) is 4. The van der Waals surface area contributed by atoms with Crippen LogP contribution in [-0.2, 0) is 25.8 Å². The number of para-hydroxylation sites is 1. The number of aliphatic imine (C=N–C) groups is 1. The van der Waals surface area contributed by atoms with Gasteiger partial charge in [0.05, 0.1) is 23.1 Å². The maximum Gasteiger partial charge on any atom is 0.421 e. The second-order valence-electron chi connectivity index (χ2n) is 16.4. The van der Waals surface area contributed by atoms with Crippen LogP contribution in [0.25, 0.3) is 0 Å². The zero-order chi connectivity index (χ0) is 47.9. The first-order valence-electron chi connectivity index (χ1n) is 21.8. The van der Waals surface area contributed by atoms with E-state index in [1.807, 2.05) is 18.3 Å². The van der Waals surface area contributed by atoms with E-state index in [1.54, 1.807) is 36.4 Å². The molecule has 3 aliphatic rings. The third kappa shape index (κ3) is 11.8. The zero-order valence-electron chi connectivity index (χ0n) is 36.9. The van der Waals surface area contributed by atoms with Crippen LogP contribution in [0, 0.1) is 0 Å². The predicted octanol–water partition coefficient (Wildman–Crippen LogP) is 6.54. The molecule has 1 fully saturated rings. The van der Waals surface area contributed by atoms with Crippen LogP contribution in [0.4, 0.5) is 47.7 Å². The molecule has 3 aromatic carbocycles. The number of unbranched alkanes of at least 4 members (excludes halogenated alkanes) is 5. The number of piperidine rings is 1. The predicted molar refractivity (Wildman–Crippen MR) is 247 cm³/mol. The number of sulfonamides is 1. The van der Waals surface area contributed by atoms with Crippen molar-refractivity contribution in [1.82, 2.24) is 25.1 Å². The smallest absolute Gasteiger partial charge is 0.374 e. The zero-order valence-corrected chi connectivity index (χ0v) is 37.7. The van der Waals surface area contributed by atoms with E-state index >= 15 is 0 Å². The lowest BCUT2D eigenvalue weighted by molar-refractivity contribution is -0.138. The molecule has 2 unspecified atom stereocenters. The molecule has 7 rings (SSSR count). The summed E-state index contributed by atoms with van der Waals surface area (Å²) < 4.78 is 67.1. The minimum atomic E-state index is -4.79. The summed E-state index contributed by atoms with van der Waals surface area (Å²) in [6, 6.07) is 17.3. The van der Waals surface area contributed by atoms with E-state index in [0.29, 0.717) is 24.0 Å². The molecule has 354 valence electrons. The number of nitrogens with one attached hydrogen (secondary N) is 3. The molecule has 0 aliphatic carbocycles. The topological polar surface area (TPSA) is 210 Å². The Morgan fingerprint density at radius 2 is 1.67 bits per heavy atom. The Labute approximate surface area is 385 Å². The lowest BCUT2D eigenvalue weighted by Crippen LogP contribution is -2.54. The van der Waals surface area contributed by atoms with Crippen molar-refractivity contribution < 1.29 is 45.9 Å². The Morgan fingerprint density at radius 1 is 0.940 bits per heavy atom. The summed E-state index contributed by atoms with van der Waals surface area (Å²) in [6.45, 7) is 2.47. The van der Waals surface area contributed by atoms with Gasteiger partial charge in [-0.2, -0.15) is 18.2 Å². The lowest BCUT2D eigenvalue weighted by atomic mass is 10.0. The Bertz CT molecular complexity index is 2660. The fourth-order valence-electron chi connectivity index (χ4n) is 8.00. The normalized spacial score (nSPS) is 17.0. The second kappa shape index (κ2) is 20.7. The second-order valence-corrected chi connectivity index (χ2v) is 18.4. The van der Waals surface area contributed by atoms with Crippen molar-refractivity contribution in [1.29, 1.82) is 0 Å². The number of aromatic nitrogens is 2. The SMILES string of the molecule is CN(c1ccccc1C=Nc1nc(Nc2ccc(N3C=CN(CCCCCCCCC(O)Nc4cccc5c4C(=O)N(C4CCC(=O)NC4=O)C5=O)CC3)cc2)ncc1C(F)(F)F)S(C)(=O)=O. The van der Waals surface area contributed by atoms with Gasteiger partial charge in [-0.05, 0) is 68.1 Å². The molecule has 4 aromatic rings. The number of aliphatic hydroxyl groups excluding tert-OH is 1. The first-order valence-corrected chi connectivity index (χ1v) is 23.7. The van der Waals surface area contributed by atoms with Gasteiger partial charge in [-0.15, -0.1) is 0 Å². The molecule has 4 heterocycles. The van der Waals surface area contributed by atoms with Crippen LogP contribution < -0.4 is 25.2 Å². The average molecular weight is 945 g/mol. The van der Waals surface area contributed by atoms with E-state index in [-0.39, 0.29) is 41.2 Å². The molecule has 21 heteroatoms. The minimum Gasteiger partial charge on any atom is -0.374 e. The fourth-order valence-corrected chi connectivity index (χ4v) is 8.52. The number of benzene rings is 3. The van der Waals surface area contributed by atoms with Crippen molar-refractivity contribution in [3.63, 3.8) is 0 Å². The van der Waals surface area contributed by atoms with Crippen molar-refractivity contribution in [2.45, 2.75) is 76.2 Å². The Morgan fingerprint density at radius 3 is 2.37 bits per heavy atom. The summed E-state index contributed by atoms with van der Waals surface area (Å²) in [5.41, 5.74) is 1.39. The third-order valence-electron chi connectivity index (χ3n) is 11.7. The van der Waals surface area contributed by atoms with Crippen LogP contribution in [0.1, 0.15) is 89.6 Å². The van der Waals surface area contributed by atoms with Crippen LogP contribution in [-0.4, -0.2) is 108 Å². The molecule has 2 atom stereocenters. The number of aliphatic hydroxyl groups is 1. The Hall–Kier alpha value is -6.87. The lowest BCUT2D eigenvalue weighted by Gasteiger charge is -2.31. The number of carbonyl (C=O) groups excluding carboxylic acids is 4. The highest BCUT2D eigenvalue weighted by molar-refractivity contribution is 7.92. The minimum absolute atomic E-state index is 0.0287. The van der Waals surface area contributed by atoms with Crippen molar-refractivity contribution >= 4 is 74.4 Å². The highest BCUT2D eigenvalue weighted by Crippen LogP contribution is 2.36. The highest BCUT2D eigenvalue weighted by Gasteiger charge is 2.45. The van der Waals surface area contributed by atoms with Gasteiger partial charge in [0.1, 0.15) is 17.8 Å². The van der Waals surface area contributed by atoms with Crippen LogP contribution in [0.15, 0.2) is 90.3 Å². The number of amides is 4. The first kappa shape index (κ1) is 48.1. The first-order chi connectivity index (χ1) is 32.0. The molecule has 1 saturated heterocycles. The summed E-state index contributed by atoms with van der Waals surface area (Å²) in [5, 5.41) is 18.8. The summed E-state index contributed by atoms with van der Waals surface area (Å²) in [5.74, 6) is -3.11. The largest absolute Gasteiger partial charge is 0.421 e. The highest BCUT2D eigenvalue weighted by atomic mass is 32.2. The van der Waals surface area contributed by atoms with Gasteiger partial charge >= 0.3 is 6.18 Å². The fraction of sp³-hybridized carbons (Fsp3) is 0.370. The van der Waals surface area contributed by atoms with Crippen LogP contribution in [0.5, 0.6) is 0 Å². The quantitative estimate of drug-likeness (QED) is 0.0341. The molecule has 4 amide bonds. The molecule has 67 heavy (non-hydrogen) atoms. The number of fused-ring (bicyclic) bond motifs is 1. The number of imide groups is 2. The number of alkyl halides is 3. The molecule has 1 aromatic heterocycles. The van der Waals surface area contributed by atoms with E-state index in [0.717, 1.165) is 85.5 Å². The summed E-state index contributed by atoms with van der Waals surface area (Å²) >= 11 is 0. The van der Waals surface area contributed by atoms with Gasteiger partial charge in [-0.1, -0.05) is 49.9 Å². The average Bonchev–Trinajstić information content (AvgIpc) is 3.55. The summed E-state index contributed by atoms with van der Waals surface area (Å²) in [7, 11) is -2.31. The van der Waals surface area contributed by atoms with Gasteiger partial charge < -0.3 is 25.5 Å². The van der Waals surface area contributed by atoms with Crippen molar-refractivity contribution in [3.8, 4) is 0 Å². The number of anilines is 5. The van der Waals surface area contributed by atoms with E-state index in [4.69, 9.17) is 0 Å². The third-order valence-corrected chi connectivity index (χ3v) is 12.9. The van der Waals surface area contributed by atoms with Gasteiger partial charge in [0.2, 0.25) is 27.8 Å². The molecule has 17 nitrogen and oxygen atoms in total. The molecule has 0 saturated carbocycles. The number of hydrogen-bond acceptors (Lipinski definition) is 14. The maximum absolute atomic E-state index is 13.9. The molecular weight excluding hydrogens is 894 g/mol. The molecule has 0 spiro atoms. The number of nitrogens with zero attached hydrogens (tertiary/aromatic N) is 7. The van der Waals surface area contributed by atoms with Crippen molar-refractivity contribution in [2.24, 2.45) is 4.99 Å². The van der Waals surface area contributed by atoms with Gasteiger partial charge in [0, 0.05) is 80.5 Å². The van der Waals surface area contributed by atoms with Gasteiger partial charge in [-0.25, -0.2) is 18.4 Å². The van der Waals surface area contributed by atoms with E-state index < -0.39 is 63.5 Å². The van der Waals surface area contributed by atoms with Crippen LogP contribution in [0.2, 0.25) is 0 Å². The molecule has 4 N–H and O–H groups in total. The number of rotatable bonds is 19. The van der Waals surface area contributed by atoms with Gasteiger partial charge in [0.25, 0.3) is 11.8 Å². The van der Waals surface area contributed by atoms with Crippen LogP contribution in [0.3, 0.4) is 0 Å². The molecule has 0 radical (unpaired) electrons. The van der Waals surface area contributed by atoms with Gasteiger partial charge in [-0.3, -0.25) is 33.7 Å². The standard InChI is InChI=1S/C46H51F3N10O7S/c1-56(67(2,65)66)36-15-9-8-12-30(36)28-50-41-34(46(47,48)49)29-51-45(55-41)52-31-17-19-32(20-18-31)58-26-24-57(25-27-58)23-10-6-4-3-5-7-16-38(60)53-35-14-11-13-33-40(35)44(64)59(43(33)63)37-21-22-39(61)54-42(37)62/h8-9,11-15,17-20,24,26,28-29,37-38,53,60H,3-7,10,16,21-23,25,27H2,1-2H3,(H,51,52,55)(H,54,61,62). The van der Waals surface area contributed by atoms with Gasteiger partial charge in [0.15, 0.2) is 5.82 Å². The summed E-state index contributed by atoms with van der Waals surface area (Å²) in [4.78, 5) is 67.7. The van der Waals surface area contributed by atoms with E-state index in [2.05, 4.69) is 46.9 Å².